The monoisotopic (exact) mass is 260 g/mol. The molecular formula is C15H13ClO2. The Morgan fingerprint density at radius 1 is 1.17 bits per heavy atom. The number of halogens is 1. The van der Waals surface area contributed by atoms with Gasteiger partial charge in [-0.3, -0.25) is 4.79 Å². The molecule has 0 spiro atoms. The fraction of sp³-hybridized carbons (Fsp3) is 0.133. The van der Waals surface area contributed by atoms with Crippen LogP contribution in [0.1, 0.15) is 15.9 Å². The van der Waals surface area contributed by atoms with E-state index in [-0.39, 0.29) is 0 Å². The summed E-state index contributed by atoms with van der Waals surface area (Å²) in [5.74, 6) is 0.630. The van der Waals surface area contributed by atoms with Crippen molar-refractivity contribution in [1.29, 1.82) is 0 Å². The van der Waals surface area contributed by atoms with Gasteiger partial charge in [-0.1, -0.05) is 29.8 Å². The molecule has 0 saturated heterocycles. The third-order valence-corrected chi connectivity index (χ3v) is 3.17. The number of methoxy groups -OCH3 is 1. The van der Waals surface area contributed by atoms with Crippen LogP contribution in [0.2, 0.25) is 5.02 Å². The van der Waals surface area contributed by atoms with Crippen LogP contribution in [0, 0.1) is 6.92 Å². The second-order valence-electron chi connectivity index (χ2n) is 4.04. The van der Waals surface area contributed by atoms with Gasteiger partial charge in [0.15, 0.2) is 0 Å². The summed E-state index contributed by atoms with van der Waals surface area (Å²) in [4.78, 5) is 10.8. The normalized spacial score (nSPS) is 10.2. The molecule has 0 amide bonds. The van der Waals surface area contributed by atoms with E-state index in [1.165, 1.54) is 0 Å². The van der Waals surface area contributed by atoms with Crippen LogP contribution >= 0.6 is 11.6 Å². The Hall–Kier alpha value is -1.80. The molecular weight excluding hydrogens is 248 g/mol. The lowest BCUT2D eigenvalue weighted by atomic mass is 9.98. The molecule has 0 radical (unpaired) electrons. The Bertz CT molecular complexity index is 591. The van der Waals surface area contributed by atoms with Gasteiger partial charge in [-0.15, -0.1) is 0 Å². The van der Waals surface area contributed by atoms with Crippen molar-refractivity contribution in [1.82, 2.24) is 0 Å². The van der Waals surface area contributed by atoms with Crippen molar-refractivity contribution in [2.24, 2.45) is 0 Å². The minimum absolute atomic E-state index is 0.574. The minimum Gasteiger partial charge on any atom is -0.495 e. The maximum atomic E-state index is 10.8. The second-order valence-corrected chi connectivity index (χ2v) is 4.45. The number of ether oxygens (including phenoxy) is 1. The standard InChI is InChI=1S/C15H13ClO2/c1-10-3-4-11(9-17)7-13(10)12-5-6-14(16)15(8-12)18-2/h3-9H,1-2H3. The van der Waals surface area contributed by atoms with Gasteiger partial charge in [0, 0.05) is 5.56 Å². The largest absolute Gasteiger partial charge is 0.495 e. The highest BCUT2D eigenvalue weighted by molar-refractivity contribution is 6.32. The average molecular weight is 261 g/mol. The zero-order chi connectivity index (χ0) is 13.1. The lowest BCUT2D eigenvalue weighted by molar-refractivity contribution is 0.112. The van der Waals surface area contributed by atoms with Crippen LogP contribution in [0.3, 0.4) is 0 Å². The van der Waals surface area contributed by atoms with E-state index in [9.17, 15) is 4.79 Å². The molecule has 0 bridgehead atoms. The van der Waals surface area contributed by atoms with Crippen LogP contribution in [0.15, 0.2) is 36.4 Å². The van der Waals surface area contributed by atoms with Crippen LogP contribution < -0.4 is 4.74 Å². The molecule has 0 unspecified atom stereocenters. The summed E-state index contributed by atoms with van der Waals surface area (Å²) in [6.45, 7) is 2.00. The fourth-order valence-corrected chi connectivity index (χ4v) is 2.05. The van der Waals surface area contributed by atoms with Gasteiger partial charge >= 0.3 is 0 Å². The van der Waals surface area contributed by atoms with Gasteiger partial charge < -0.3 is 4.74 Å². The molecule has 0 fully saturated rings. The number of carbonyl (C=O) groups is 1. The van der Waals surface area contributed by atoms with Gasteiger partial charge in [0.1, 0.15) is 12.0 Å². The Labute approximate surface area is 111 Å². The molecule has 0 aliphatic carbocycles. The van der Waals surface area contributed by atoms with Gasteiger partial charge in [0.25, 0.3) is 0 Å². The summed E-state index contributed by atoms with van der Waals surface area (Å²) in [5, 5.41) is 0.574. The molecule has 92 valence electrons. The highest BCUT2D eigenvalue weighted by Crippen LogP contribution is 2.32. The molecule has 0 aliphatic heterocycles. The van der Waals surface area contributed by atoms with Gasteiger partial charge in [-0.2, -0.15) is 0 Å². The summed E-state index contributed by atoms with van der Waals surface area (Å²) in [5.41, 5.74) is 3.75. The van der Waals surface area contributed by atoms with Crippen LogP contribution in [0.25, 0.3) is 11.1 Å². The van der Waals surface area contributed by atoms with E-state index in [0.29, 0.717) is 16.3 Å². The van der Waals surface area contributed by atoms with Crippen molar-refractivity contribution < 1.29 is 9.53 Å². The van der Waals surface area contributed by atoms with Crippen LogP contribution in [0.4, 0.5) is 0 Å². The van der Waals surface area contributed by atoms with Gasteiger partial charge in [-0.25, -0.2) is 0 Å². The second kappa shape index (κ2) is 5.23. The van der Waals surface area contributed by atoms with Crippen molar-refractivity contribution in [2.75, 3.05) is 7.11 Å². The van der Waals surface area contributed by atoms with Crippen molar-refractivity contribution in [2.45, 2.75) is 6.92 Å². The first kappa shape index (κ1) is 12.7. The molecule has 0 atom stereocenters. The molecule has 0 saturated carbocycles. The number of carbonyl (C=O) groups excluding carboxylic acids is 1. The molecule has 2 nitrogen and oxygen atoms in total. The fourth-order valence-electron chi connectivity index (χ4n) is 1.85. The topological polar surface area (TPSA) is 26.3 Å². The lowest BCUT2D eigenvalue weighted by Crippen LogP contribution is -1.89. The Kier molecular flexibility index (Phi) is 3.68. The molecule has 2 rings (SSSR count). The van der Waals surface area contributed by atoms with Crippen molar-refractivity contribution in [3.05, 3.63) is 52.5 Å². The van der Waals surface area contributed by atoms with Crippen LogP contribution in [0.5, 0.6) is 5.75 Å². The van der Waals surface area contributed by atoms with Gasteiger partial charge in [0.2, 0.25) is 0 Å². The first-order chi connectivity index (χ1) is 8.65. The van der Waals surface area contributed by atoms with Gasteiger partial charge in [0.05, 0.1) is 12.1 Å². The van der Waals surface area contributed by atoms with E-state index in [1.807, 2.05) is 31.2 Å². The van der Waals surface area contributed by atoms with E-state index in [1.54, 1.807) is 19.2 Å². The molecule has 2 aromatic rings. The summed E-state index contributed by atoms with van der Waals surface area (Å²) in [7, 11) is 1.58. The first-order valence-corrected chi connectivity index (χ1v) is 5.93. The number of benzene rings is 2. The molecule has 0 aliphatic rings. The Balaban J connectivity index is 2.57. The first-order valence-electron chi connectivity index (χ1n) is 5.55. The number of hydrogen-bond donors (Lipinski definition) is 0. The Morgan fingerprint density at radius 2 is 1.94 bits per heavy atom. The lowest BCUT2D eigenvalue weighted by Gasteiger charge is -2.09. The van der Waals surface area contributed by atoms with Crippen molar-refractivity contribution >= 4 is 17.9 Å². The maximum Gasteiger partial charge on any atom is 0.150 e. The van der Waals surface area contributed by atoms with E-state index >= 15 is 0 Å². The molecule has 18 heavy (non-hydrogen) atoms. The predicted molar refractivity (Wildman–Crippen MR) is 73.6 cm³/mol. The number of rotatable bonds is 3. The van der Waals surface area contributed by atoms with Crippen molar-refractivity contribution in [3.8, 4) is 16.9 Å². The maximum absolute atomic E-state index is 10.8. The highest BCUT2D eigenvalue weighted by atomic mass is 35.5. The van der Waals surface area contributed by atoms with E-state index in [2.05, 4.69) is 0 Å². The molecule has 0 heterocycles. The number of hydrogen-bond acceptors (Lipinski definition) is 2. The van der Waals surface area contributed by atoms with Gasteiger partial charge in [-0.05, 0) is 41.8 Å². The summed E-state index contributed by atoms with van der Waals surface area (Å²) < 4.78 is 5.20. The summed E-state index contributed by atoms with van der Waals surface area (Å²) >= 11 is 6.00. The SMILES string of the molecule is COc1cc(-c2cc(C=O)ccc2C)ccc1Cl. The third kappa shape index (κ3) is 2.39. The predicted octanol–water partition coefficient (Wildman–Crippen LogP) is 4.14. The molecule has 2 aromatic carbocycles. The third-order valence-electron chi connectivity index (χ3n) is 2.86. The number of aldehydes is 1. The van der Waals surface area contributed by atoms with E-state index in [4.69, 9.17) is 16.3 Å². The number of aryl methyl sites for hydroxylation is 1. The summed E-state index contributed by atoms with van der Waals surface area (Å²) in [6.07, 6.45) is 0.843. The molecule has 3 heteroatoms. The average Bonchev–Trinajstić information content (AvgIpc) is 2.40. The molecule has 0 N–H and O–H groups in total. The quantitative estimate of drug-likeness (QED) is 0.776. The zero-order valence-corrected chi connectivity index (χ0v) is 11.0. The van der Waals surface area contributed by atoms with E-state index in [0.717, 1.165) is 23.0 Å². The molecule has 0 aromatic heterocycles. The highest BCUT2D eigenvalue weighted by Gasteiger charge is 2.07. The van der Waals surface area contributed by atoms with Crippen LogP contribution in [-0.4, -0.2) is 13.4 Å². The zero-order valence-electron chi connectivity index (χ0n) is 10.2. The Morgan fingerprint density at radius 3 is 2.61 bits per heavy atom. The van der Waals surface area contributed by atoms with Crippen molar-refractivity contribution in [3.63, 3.8) is 0 Å². The minimum atomic E-state index is 0.574. The van der Waals surface area contributed by atoms with E-state index < -0.39 is 0 Å². The smallest absolute Gasteiger partial charge is 0.150 e. The van der Waals surface area contributed by atoms with Crippen LogP contribution in [-0.2, 0) is 0 Å². The summed E-state index contributed by atoms with van der Waals surface area (Å²) in [6, 6.07) is 11.2.